The molecule has 1 aromatic heterocycles. The summed E-state index contributed by atoms with van der Waals surface area (Å²) in [6, 6.07) is 6.16. The van der Waals surface area contributed by atoms with Gasteiger partial charge in [-0.1, -0.05) is 13.8 Å². The van der Waals surface area contributed by atoms with Gasteiger partial charge in [0.1, 0.15) is 23.0 Å². The Morgan fingerprint density at radius 2 is 1.74 bits per heavy atom. The van der Waals surface area contributed by atoms with Crippen LogP contribution in [-0.4, -0.2) is 90.7 Å². The predicted molar refractivity (Wildman–Crippen MR) is 162 cm³/mol. The average molecular weight is 662 g/mol. The summed E-state index contributed by atoms with van der Waals surface area (Å²) in [4.78, 5) is 41.6. The molecule has 0 spiro atoms. The number of carbonyl (C=O) groups is 2. The third kappa shape index (κ3) is 6.29. The number of amides is 1. The number of carbonyl (C=O) groups excluding carboxylic acids is 2. The lowest BCUT2D eigenvalue weighted by Crippen LogP contribution is -2.45. The number of rotatable bonds is 7. The topological polar surface area (TPSA) is 160 Å². The van der Waals surface area contributed by atoms with E-state index in [0.717, 1.165) is 22.1 Å². The molecule has 0 aliphatic carbocycles. The molecule has 46 heavy (non-hydrogen) atoms. The van der Waals surface area contributed by atoms with Gasteiger partial charge in [0.05, 0.1) is 22.1 Å². The fourth-order valence-corrected chi connectivity index (χ4v) is 7.25. The molecule has 2 aliphatic rings. The van der Waals surface area contributed by atoms with Crippen LogP contribution in [0.1, 0.15) is 42.4 Å². The molecule has 2 aliphatic heterocycles. The Kier molecular flexibility index (Phi) is 8.85. The maximum atomic E-state index is 14.0. The molecule has 14 nitrogen and oxygen atoms in total. The van der Waals surface area contributed by atoms with Gasteiger partial charge in [0.2, 0.25) is 10.0 Å². The fraction of sp³-hybridized carbons (Fsp3) is 0.414. The molecule has 2 aromatic carbocycles. The summed E-state index contributed by atoms with van der Waals surface area (Å²) in [5.41, 5.74) is -0.908. The van der Waals surface area contributed by atoms with Gasteiger partial charge in [-0.15, -0.1) is 4.68 Å². The highest BCUT2D eigenvalue weighted by atomic mass is 32.2. The lowest BCUT2D eigenvalue weighted by Gasteiger charge is -2.36. The summed E-state index contributed by atoms with van der Waals surface area (Å²) in [7, 11) is -2.51. The second-order valence-electron chi connectivity index (χ2n) is 11.8. The maximum Gasteiger partial charge on any atom is 0.436 e. The molecule has 17 heteroatoms. The molecule has 5 rings (SSSR count). The van der Waals surface area contributed by atoms with E-state index in [9.17, 15) is 36.9 Å². The number of likely N-dealkylation sites (N-methyl/N-ethyl adjacent to an activating group) is 1. The lowest BCUT2D eigenvalue weighted by atomic mass is 9.84. The first kappa shape index (κ1) is 32.9. The van der Waals surface area contributed by atoms with Crippen LogP contribution in [0.3, 0.4) is 0 Å². The summed E-state index contributed by atoms with van der Waals surface area (Å²) >= 11 is 0. The van der Waals surface area contributed by atoms with E-state index in [1.54, 1.807) is 26.8 Å². The van der Waals surface area contributed by atoms with Gasteiger partial charge in [-0.05, 0) is 38.2 Å². The minimum Gasteiger partial charge on any atom is -0.448 e. The number of benzene rings is 2. The van der Waals surface area contributed by atoms with Gasteiger partial charge < -0.3 is 19.9 Å². The SMILES string of the molecule is CCOC(=O)n1nc2c(c1NC(=O)c1ccc(N3CCN(C)CC3)cc1[N+](=O)[O-])CN(S(=O)(=O)c1cc(F)cc(F)c1)CC2(C)C. The van der Waals surface area contributed by atoms with Crippen molar-refractivity contribution in [3.8, 4) is 0 Å². The Labute approximate surface area is 263 Å². The van der Waals surface area contributed by atoms with E-state index in [1.807, 2.05) is 11.9 Å². The van der Waals surface area contributed by atoms with Crippen molar-refractivity contribution in [3.05, 3.63) is 75.0 Å². The number of nitrogens with zero attached hydrogens (tertiary/aromatic N) is 6. The Morgan fingerprint density at radius 3 is 2.35 bits per heavy atom. The third-order valence-electron chi connectivity index (χ3n) is 7.97. The molecule has 1 fully saturated rings. The molecule has 0 atom stereocenters. The van der Waals surface area contributed by atoms with E-state index in [0.29, 0.717) is 37.0 Å². The highest BCUT2D eigenvalue weighted by Gasteiger charge is 2.43. The van der Waals surface area contributed by atoms with Crippen molar-refractivity contribution in [3.63, 3.8) is 0 Å². The van der Waals surface area contributed by atoms with Crippen LogP contribution in [0.2, 0.25) is 0 Å². The summed E-state index contributed by atoms with van der Waals surface area (Å²) in [6.45, 7) is 6.97. The van der Waals surface area contributed by atoms with E-state index in [2.05, 4.69) is 15.3 Å². The highest BCUT2D eigenvalue weighted by molar-refractivity contribution is 7.89. The minimum atomic E-state index is -4.49. The average Bonchev–Trinajstić information content (AvgIpc) is 3.35. The maximum absolute atomic E-state index is 14.0. The van der Waals surface area contributed by atoms with Crippen LogP contribution in [-0.2, 0) is 26.7 Å². The number of hydrogen-bond acceptors (Lipinski definition) is 10. The van der Waals surface area contributed by atoms with Gasteiger partial charge in [-0.25, -0.2) is 22.0 Å². The second-order valence-corrected chi connectivity index (χ2v) is 13.7. The summed E-state index contributed by atoms with van der Waals surface area (Å²) in [6.07, 6.45) is -0.982. The van der Waals surface area contributed by atoms with Crippen molar-refractivity contribution in [2.45, 2.75) is 37.6 Å². The van der Waals surface area contributed by atoms with E-state index in [-0.39, 0.29) is 35.8 Å². The molecule has 0 unspecified atom stereocenters. The smallest absolute Gasteiger partial charge is 0.436 e. The van der Waals surface area contributed by atoms with Crippen molar-refractivity contribution in [2.75, 3.05) is 56.6 Å². The number of ether oxygens (including phenoxy) is 1. The third-order valence-corrected chi connectivity index (χ3v) is 9.74. The number of nitrogens with one attached hydrogen (secondary N) is 1. The van der Waals surface area contributed by atoms with Crippen molar-refractivity contribution < 1.29 is 36.4 Å². The normalized spacial score (nSPS) is 17.0. The summed E-state index contributed by atoms with van der Waals surface area (Å²) in [5, 5.41) is 19.0. The molecule has 1 amide bonds. The van der Waals surface area contributed by atoms with Gasteiger partial charge in [-0.3, -0.25) is 14.9 Å². The molecule has 3 heterocycles. The first-order valence-electron chi connectivity index (χ1n) is 14.4. The number of piperazine rings is 1. The molecule has 1 saturated heterocycles. The van der Waals surface area contributed by atoms with Crippen LogP contribution in [0.4, 0.5) is 30.8 Å². The monoisotopic (exact) mass is 661 g/mol. The van der Waals surface area contributed by atoms with Gasteiger partial charge in [-0.2, -0.15) is 9.40 Å². The van der Waals surface area contributed by atoms with E-state index >= 15 is 0 Å². The summed E-state index contributed by atoms with van der Waals surface area (Å²) < 4.78 is 62.0. The van der Waals surface area contributed by atoms with Crippen molar-refractivity contribution in [1.82, 2.24) is 19.0 Å². The minimum absolute atomic E-state index is 0.0506. The number of nitro benzene ring substituents is 1. The molecule has 0 radical (unpaired) electrons. The Morgan fingerprint density at radius 1 is 1.09 bits per heavy atom. The number of anilines is 2. The van der Waals surface area contributed by atoms with Gasteiger partial charge in [0.15, 0.2) is 0 Å². The molecule has 0 bridgehead atoms. The molecule has 1 N–H and O–H groups in total. The number of halogens is 2. The number of aromatic nitrogens is 2. The Bertz CT molecular complexity index is 1800. The largest absolute Gasteiger partial charge is 0.448 e. The first-order chi connectivity index (χ1) is 21.6. The molecule has 3 aromatic rings. The molecular formula is C29H33F2N7O7S. The number of sulfonamides is 1. The predicted octanol–water partition coefficient (Wildman–Crippen LogP) is 3.56. The zero-order valence-corrected chi connectivity index (χ0v) is 26.4. The van der Waals surface area contributed by atoms with Gasteiger partial charge >= 0.3 is 6.09 Å². The quantitative estimate of drug-likeness (QED) is 0.293. The van der Waals surface area contributed by atoms with Crippen molar-refractivity contribution in [2.24, 2.45) is 0 Å². The molecule has 0 saturated carbocycles. The number of hydrogen-bond donors (Lipinski definition) is 1. The van der Waals surface area contributed by atoms with Crippen LogP contribution < -0.4 is 10.2 Å². The zero-order chi connectivity index (χ0) is 33.6. The van der Waals surface area contributed by atoms with Crippen molar-refractivity contribution in [1.29, 1.82) is 0 Å². The van der Waals surface area contributed by atoms with Crippen LogP contribution in [0.5, 0.6) is 0 Å². The van der Waals surface area contributed by atoms with E-state index in [1.165, 1.54) is 12.1 Å². The fourth-order valence-electron chi connectivity index (χ4n) is 5.63. The first-order valence-corrected chi connectivity index (χ1v) is 15.9. The van der Waals surface area contributed by atoms with Crippen molar-refractivity contribution >= 4 is 39.2 Å². The van der Waals surface area contributed by atoms with E-state index < -0.39 is 61.1 Å². The highest BCUT2D eigenvalue weighted by Crippen LogP contribution is 2.39. The zero-order valence-electron chi connectivity index (χ0n) is 25.6. The molecular weight excluding hydrogens is 628 g/mol. The number of nitro groups is 1. The Balaban J connectivity index is 1.55. The van der Waals surface area contributed by atoms with Crippen LogP contribution in [0.25, 0.3) is 0 Å². The standard InChI is InChI=1S/C29H33F2N7O7S/c1-5-45-28(40)37-26(32-27(39)22-7-6-20(15-24(22)38(41)42)35-10-8-34(4)9-11-35)23-16-36(17-29(2,3)25(23)33-37)46(43,44)21-13-18(30)12-19(31)14-21/h6-7,12-15H,5,8-11,16-17H2,1-4H3,(H,32,39). The van der Waals surface area contributed by atoms with Crippen LogP contribution in [0, 0.1) is 21.7 Å². The van der Waals surface area contributed by atoms with E-state index in [4.69, 9.17) is 4.74 Å². The lowest BCUT2D eigenvalue weighted by molar-refractivity contribution is -0.385. The van der Waals surface area contributed by atoms with Crippen LogP contribution >= 0.6 is 0 Å². The Hall–Kier alpha value is -4.48. The molecule has 246 valence electrons. The number of fused-ring (bicyclic) bond motifs is 1. The second kappa shape index (κ2) is 12.4. The summed E-state index contributed by atoms with van der Waals surface area (Å²) in [5.74, 6) is -3.37. The van der Waals surface area contributed by atoms with Gasteiger partial charge in [0, 0.05) is 68.1 Å². The van der Waals surface area contributed by atoms with Gasteiger partial charge in [0.25, 0.3) is 11.6 Å². The van der Waals surface area contributed by atoms with Crippen LogP contribution in [0.15, 0.2) is 41.3 Å².